The van der Waals surface area contributed by atoms with E-state index in [1.807, 2.05) is 0 Å². The first-order chi connectivity index (χ1) is 9.31. The van der Waals surface area contributed by atoms with Crippen molar-refractivity contribution in [1.29, 1.82) is 0 Å². The Morgan fingerprint density at radius 1 is 1.50 bits per heavy atom. The number of nitro groups is 1. The molecule has 0 saturated heterocycles. The van der Waals surface area contributed by atoms with Crippen molar-refractivity contribution in [3.05, 3.63) is 33.3 Å². The largest absolute Gasteiger partial charge is 0.391 e. The van der Waals surface area contributed by atoms with E-state index in [1.54, 1.807) is 0 Å². The molecule has 0 heterocycles. The van der Waals surface area contributed by atoms with Crippen LogP contribution in [0.25, 0.3) is 0 Å². The molecule has 0 radical (unpaired) electrons. The summed E-state index contributed by atoms with van der Waals surface area (Å²) >= 11 is 5.63. The number of benzene rings is 1. The Hall–Kier alpha value is -1.22. The van der Waals surface area contributed by atoms with E-state index < -0.39 is 31.6 Å². The molecule has 0 amide bonds. The summed E-state index contributed by atoms with van der Waals surface area (Å²) in [7, 11) is -4.06. The number of aliphatic hydroxyl groups excluding tert-OH is 1. The number of sulfonamides is 1. The lowest BCUT2D eigenvalue weighted by Gasteiger charge is -2.11. The Morgan fingerprint density at radius 3 is 2.70 bits per heavy atom. The molecular formula is C11H13ClN2O5S. The molecule has 0 aliphatic heterocycles. The van der Waals surface area contributed by atoms with Gasteiger partial charge in [0.1, 0.15) is 0 Å². The third-order valence-corrected chi connectivity index (χ3v) is 4.76. The van der Waals surface area contributed by atoms with E-state index in [2.05, 4.69) is 4.72 Å². The predicted octanol–water partition coefficient (Wildman–Crippen LogP) is 1.30. The number of hydrogen-bond donors (Lipinski definition) is 2. The molecule has 1 saturated carbocycles. The van der Waals surface area contributed by atoms with Gasteiger partial charge >= 0.3 is 0 Å². The summed E-state index contributed by atoms with van der Waals surface area (Å²) in [5.41, 5.74) is -0.592. The zero-order valence-electron chi connectivity index (χ0n) is 10.3. The van der Waals surface area contributed by atoms with Crippen molar-refractivity contribution in [1.82, 2.24) is 4.72 Å². The number of nitro benzene ring substituents is 1. The second-order valence-corrected chi connectivity index (χ2v) is 6.80. The van der Waals surface area contributed by atoms with Gasteiger partial charge in [-0.05, 0) is 30.9 Å². The number of halogens is 1. The van der Waals surface area contributed by atoms with E-state index in [0.717, 1.165) is 25.0 Å². The van der Waals surface area contributed by atoms with E-state index in [1.165, 1.54) is 6.07 Å². The Balaban J connectivity index is 2.22. The second-order valence-electron chi connectivity index (χ2n) is 4.63. The van der Waals surface area contributed by atoms with Crippen molar-refractivity contribution in [2.75, 3.05) is 6.54 Å². The third-order valence-electron chi connectivity index (χ3n) is 3.06. The maximum atomic E-state index is 12.0. The second kappa shape index (κ2) is 5.65. The molecule has 7 nitrogen and oxygen atoms in total. The standard InChI is InChI=1S/C11H13ClN2O5S/c12-8-3-4-11(9(5-8)14(16)17)20(18,19)13-6-10(15)7-1-2-7/h3-5,7,10,13,15H,1-2,6H2. The first-order valence-electron chi connectivity index (χ1n) is 5.93. The van der Waals surface area contributed by atoms with E-state index in [9.17, 15) is 23.6 Å². The highest BCUT2D eigenvalue weighted by Gasteiger charge is 2.32. The Bertz CT molecular complexity index is 630. The molecule has 1 aromatic carbocycles. The van der Waals surface area contributed by atoms with E-state index in [4.69, 9.17) is 11.6 Å². The van der Waals surface area contributed by atoms with Gasteiger partial charge < -0.3 is 5.11 Å². The van der Waals surface area contributed by atoms with Crippen LogP contribution < -0.4 is 4.72 Å². The molecular weight excluding hydrogens is 308 g/mol. The molecule has 9 heteroatoms. The molecule has 0 aromatic heterocycles. The van der Waals surface area contributed by atoms with Crippen LogP contribution in [0.15, 0.2) is 23.1 Å². The van der Waals surface area contributed by atoms with Crippen LogP contribution in [0.3, 0.4) is 0 Å². The Kier molecular flexibility index (Phi) is 4.28. The highest BCUT2D eigenvalue weighted by Crippen LogP contribution is 2.32. The molecule has 0 spiro atoms. The fourth-order valence-electron chi connectivity index (χ4n) is 1.78. The smallest absolute Gasteiger partial charge is 0.290 e. The lowest BCUT2D eigenvalue weighted by atomic mass is 10.2. The monoisotopic (exact) mass is 320 g/mol. The molecule has 1 aliphatic carbocycles. The van der Waals surface area contributed by atoms with E-state index in [-0.39, 0.29) is 17.5 Å². The minimum Gasteiger partial charge on any atom is -0.391 e. The van der Waals surface area contributed by atoms with Crippen molar-refractivity contribution >= 4 is 27.3 Å². The Labute approximate surface area is 120 Å². The van der Waals surface area contributed by atoms with Gasteiger partial charge in [0.05, 0.1) is 11.0 Å². The molecule has 2 N–H and O–H groups in total. The average molecular weight is 321 g/mol. The van der Waals surface area contributed by atoms with E-state index >= 15 is 0 Å². The molecule has 2 rings (SSSR count). The Morgan fingerprint density at radius 2 is 2.15 bits per heavy atom. The number of hydrogen-bond acceptors (Lipinski definition) is 5. The summed E-state index contributed by atoms with van der Waals surface area (Å²) in [6, 6.07) is 3.32. The lowest BCUT2D eigenvalue weighted by Crippen LogP contribution is -2.33. The molecule has 1 atom stereocenters. The molecule has 1 fully saturated rings. The van der Waals surface area contributed by atoms with Gasteiger partial charge in [-0.2, -0.15) is 0 Å². The molecule has 1 aliphatic rings. The van der Waals surface area contributed by atoms with Crippen LogP contribution in [0.2, 0.25) is 5.02 Å². The molecule has 110 valence electrons. The van der Waals surface area contributed by atoms with Crippen molar-refractivity contribution < 1.29 is 18.4 Å². The van der Waals surface area contributed by atoms with E-state index in [0.29, 0.717) is 0 Å². The van der Waals surface area contributed by atoms with Gasteiger partial charge in [-0.15, -0.1) is 0 Å². The number of rotatable bonds is 6. The summed E-state index contributed by atoms with van der Waals surface area (Å²) in [5, 5.41) is 20.6. The van der Waals surface area contributed by atoms with Crippen LogP contribution in [-0.2, 0) is 10.0 Å². The van der Waals surface area contributed by atoms with Crippen LogP contribution in [0.4, 0.5) is 5.69 Å². The van der Waals surface area contributed by atoms with Crippen LogP contribution >= 0.6 is 11.6 Å². The third kappa shape index (κ3) is 3.45. The normalized spacial score (nSPS) is 16.9. The minimum atomic E-state index is -4.06. The zero-order valence-corrected chi connectivity index (χ0v) is 11.9. The van der Waals surface area contributed by atoms with Crippen molar-refractivity contribution in [2.45, 2.75) is 23.8 Å². The maximum Gasteiger partial charge on any atom is 0.290 e. The fraction of sp³-hybridized carbons (Fsp3) is 0.455. The van der Waals surface area contributed by atoms with Gasteiger partial charge in [0.2, 0.25) is 10.0 Å². The van der Waals surface area contributed by atoms with Gasteiger partial charge in [0, 0.05) is 17.6 Å². The maximum absolute atomic E-state index is 12.0. The summed E-state index contributed by atoms with van der Waals surface area (Å²) in [4.78, 5) is 9.61. The molecule has 20 heavy (non-hydrogen) atoms. The van der Waals surface area contributed by atoms with Crippen molar-refractivity contribution in [3.63, 3.8) is 0 Å². The topological polar surface area (TPSA) is 110 Å². The average Bonchev–Trinajstić information content (AvgIpc) is 3.19. The summed E-state index contributed by atoms with van der Waals surface area (Å²) < 4.78 is 26.3. The number of nitrogens with one attached hydrogen (secondary N) is 1. The van der Waals surface area contributed by atoms with Crippen LogP contribution in [0.5, 0.6) is 0 Å². The predicted molar refractivity (Wildman–Crippen MR) is 72.0 cm³/mol. The zero-order chi connectivity index (χ0) is 14.9. The molecule has 1 unspecified atom stereocenters. The van der Waals surface area contributed by atoms with Gasteiger partial charge in [-0.3, -0.25) is 10.1 Å². The highest BCUT2D eigenvalue weighted by atomic mass is 35.5. The van der Waals surface area contributed by atoms with Crippen LogP contribution in [-0.4, -0.2) is 31.1 Å². The number of aliphatic hydroxyl groups is 1. The van der Waals surface area contributed by atoms with Gasteiger partial charge in [-0.1, -0.05) is 11.6 Å². The fourth-order valence-corrected chi connectivity index (χ4v) is 3.15. The van der Waals surface area contributed by atoms with Crippen molar-refractivity contribution in [2.24, 2.45) is 5.92 Å². The lowest BCUT2D eigenvalue weighted by molar-refractivity contribution is -0.387. The first-order valence-corrected chi connectivity index (χ1v) is 7.79. The van der Waals surface area contributed by atoms with Gasteiger partial charge in [0.25, 0.3) is 5.69 Å². The van der Waals surface area contributed by atoms with Crippen LogP contribution in [0.1, 0.15) is 12.8 Å². The molecule has 0 bridgehead atoms. The van der Waals surface area contributed by atoms with Gasteiger partial charge in [0.15, 0.2) is 4.90 Å². The van der Waals surface area contributed by atoms with Gasteiger partial charge in [-0.25, -0.2) is 13.1 Å². The quantitative estimate of drug-likeness (QED) is 0.606. The summed E-state index contributed by atoms with van der Waals surface area (Å²) in [6.45, 7) is -0.160. The van der Waals surface area contributed by atoms with Crippen LogP contribution in [0, 0.1) is 16.0 Å². The highest BCUT2D eigenvalue weighted by molar-refractivity contribution is 7.89. The summed E-state index contributed by atoms with van der Waals surface area (Å²) in [6.07, 6.45) is 0.963. The SMILES string of the molecule is O=[N+]([O-])c1cc(Cl)ccc1S(=O)(=O)NCC(O)C1CC1. The first kappa shape index (κ1) is 15.2. The molecule has 1 aromatic rings. The minimum absolute atomic E-state index is 0.0775. The van der Waals surface area contributed by atoms with Crippen molar-refractivity contribution in [3.8, 4) is 0 Å². The summed E-state index contributed by atoms with van der Waals surface area (Å²) in [5.74, 6) is 0.109. The number of nitrogens with zero attached hydrogens (tertiary/aromatic N) is 1.